The number of anilines is 1. The van der Waals surface area contributed by atoms with Crippen molar-refractivity contribution in [2.75, 3.05) is 5.73 Å². The van der Waals surface area contributed by atoms with Crippen molar-refractivity contribution in [2.24, 2.45) is 0 Å². The Morgan fingerprint density at radius 2 is 1.95 bits per heavy atom. The standard InChI is InChI=1S/C18H21N3/c1-4-10-21-16-9-8-12(2)11-15(16)20-18(21)14-7-5-6-13(3)17(14)19/h5-9,11H,4,10,19H2,1-3H3. The van der Waals surface area contributed by atoms with Crippen molar-refractivity contribution in [1.29, 1.82) is 0 Å². The summed E-state index contributed by atoms with van der Waals surface area (Å²) in [5.41, 5.74) is 12.7. The zero-order valence-corrected chi connectivity index (χ0v) is 12.9. The molecule has 0 atom stereocenters. The molecule has 0 aliphatic rings. The van der Waals surface area contributed by atoms with Crippen molar-refractivity contribution in [3.8, 4) is 11.4 Å². The molecule has 3 nitrogen and oxygen atoms in total. The molecule has 0 radical (unpaired) electrons. The second-order valence-corrected chi connectivity index (χ2v) is 5.62. The molecule has 2 N–H and O–H groups in total. The van der Waals surface area contributed by atoms with Crippen molar-refractivity contribution in [2.45, 2.75) is 33.7 Å². The smallest absolute Gasteiger partial charge is 0.143 e. The van der Waals surface area contributed by atoms with Gasteiger partial charge in [0.05, 0.1) is 11.0 Å². The van der Waals surface area contributed by atoms with Crippen LogP contribution in [-0.4, -0.2) is 9.55 Å². The SMILES string of the molecule is CCCn1c(-c2cccc(C)c2N)nc2cc(C)ccc21. The highest BCUT2D eigenvalue weighted by Crippen LogP contribution is 2.31. The first-order valence-corrected chi connectivity index (χ1v) is 7.44. The van der Waals surface area contributed by atoms with Gasteiger partial charge in [-0.3, -0.25) is 0 Å². The van der Waals surface area contributed by atoms with E-state index in [0.717, 1.165) is 41.1 Å². The van der Waals surface area contributed by atoms with Crippen molar-refractivity contribution < 1.29 is 0 Å². The van der Waals surface area contributed by atoms with Crippen LogP contribution in [0, 0.1) is 13.8 Å². The van der Waals surface area contributed by atoms with Gasteiger partial charge in [0.25, 0.3) is 0 Å². The Hall–Kier alpha value is -2.29. The summed E-state index contributed by atoms with van der Waals surface area (Å²) >= 11 is 0. The molecule has 0 amide bonds. The van der Waals surface area contributed by atoms with Gasteiger partial charge in [-0.05, 0) is 49.6 Å². The summed E-state index contributed by atoms with van der Waals surface area (Å²) in [6.45, 7) is 7.26. The van der Waals surface area contributed by atoms with Gasteiger partial charge in [0.2, 0.25) is 0 Å². The van der Waals surface area contributed by atoms with Gasteiger partial charge in [0.15, 0.2) is 0 Å². The monoisotopic (exact) mass is 279 g/mol. The van der Waals surface area contributed by atoms with Gasteiger partial charge in [-0.25, -0.2) is 4.98 Å². The fourth-order valence-electron chi connectivity index (χ4n) is 2.77. The largest absolute Gasteiger partial charge is 0.398 e. The summed E-state index contributed by atoms with van der Waals surface area (Å²) in [6, 6.07) is 12.6. The molecule has 0 fully saturated rings. The van der Waals surface area contributed by atoms with Crippen LogP contribution in [0.3, 0.4) is 0 Å². The zero-order valence-electron chi connectivity index (χ0n) is 12.9. The number of nitrogens with two attached hydrogens (primary N) is 1. The predicted octanol–water partition coefficient (Wildman–Crippen LogP) is 4.31. The Morgan fingerprint density at radius 1 is 1.14 bits per heavy atom. The lowest BCUT2D eigenvalue weighted by atomic mass is 10.1. The Labute approximate surface area is 125 Å². The zero-order chi connectivity index (χ0) is 15.0. The number of hydrogen-bond donors (Lipinski definition) is 1. The van der Waals surface area contributed by atoms with E-state index in [2.05, 4.69) is 42.7 Å². The summed E-state index contributed by atoms with van der Waals surface area (Å²) in [5.74, 6) is 0.971. The highest BCUT2D eigenvalue weighted by Gasteiger charge is 2.15. The van der Waals surface area contributed by atoms with Gasteiger partial charge < -0.3 is 10.3 Å². The lowest BCUT2D eigenvalue weighted by molar-refractivity contribution is 0.704. The molecule has 0 bridgehead atoms. The third-order valence-electron chi connectivity index (χ3n) is 3.92. The van der Waals surface area contributed by atoms with E-state index in [1.54, 1.807) is 0 Å². The van der Waals surface area contributed by atoms with Crippen molar-refractivity contribution in [3.63, 3.8) is 0 Å². The van der Waals surface area contributed by atoms with Crippen molar-refractivity contribution in [1.82, 2.24) is 9.55 Å². The first kappa shape index (κ1) is 13.7. The lowest BCUT2D eigenvalue weighted by Gasteiger charge is -2.11. The second-order valence-electron chi connectivity index (χ2n) is 5.62. The van der Waals surface area contributed by atoms with Crippen LogP contribution in [0.5, 0.6) is 0 Å². The molecule has 0 unspecified atom stereocenters. The van der Waals surface area contributed by atoms with Gasteiger partial charge in [-0.1, -0.05) is 25.1 Å². The van der Waals surface area contributed by atoms with Gasteiger partial charge in [0, 0.05) is 17.8 Å². The van der Waals surface area contributed by atoms with Gasteiger partial charge in [-0.15, -0.1) is 0 Å². The predicted molar refractivity (Wildman–Crippen MR) is 89.3 cm³/mol. The van der Waals surface area contributed by atoms with Crippen LogP contribution in [0.1, 0.15) is 24.5 Å². The Balaban J connectivity index is 2.30. The van der Waals surface area contributed by atoms with E-state index in [1.807, 2.05) is 19.1 Å². The van der Waals surface area contributed by atoms with Gasteiger partial charge in [0.1, 0.15) is 5.82 Å². The topological polar surface area (TPSA) is 43.8 Å². The Kier molecular flexibility index (Phi) is 3.42. The maximum Gasteiger partial charge on any atom is 0.143 e. The maximum absolute atomic E-state index is 6.28. The summed E-state index contributed by atoms with van der Waals surface area (Å²) < 4.78 is 2.28. The van der Waals surface area contributed by atoms with Crippen LogP contribution in [0.2, 0.25) is 0 Å². The highest BCUT2D eigenvalue weighted by molar-refractivity contribution is 5.84. The van der Waals surface area contributed by atoms with E-state index in [4.69, 9.17) is 10.7 Å². The van der Waals surface area contributed by atoms with E-state index in [9.17, 15) is 0 Å². The van der Waals surface area contributed by atoms with Crippen LogP contribution in [0.4, 0.5) is 5.69 Å². The number of hydrogen-bond acceptors (Lipinski definition) is 2. The highest BCUT2D eigenvalue weighted by atomic mass is 15.1. The molecular formula is C18H21N3. The van der Waals surface area contributed by atoms with Crippen molar-refractivity contribution in [3.05, 3.63) is 47.5 Å². The van der Waals surface area contributed by atoms with E-state index in [1.165, 1.54) is 11.1 Å². The molecule has 1 heterocycles. The molecule has 1 aromatic heterocycles. The molecule has 3 rings (SSSR count). The third kappa shape index (κ3) is 2.29. The number of para-hydroxylation sites is 1. The summed E-state index contributed by atoms with van der Waals surface area (Å²) in [4.78, 5) is 4.85. The first-order chi connectivity index (χ1) is 10.1. The molecule has 21 heavy (non-hydrogen) atoms. The number of fused-ring (bicyclic) bond motifs is 1. The van der Waals surface area contributed by atoms with E-state index < -0.39 is 0 Å². The minimum absolute atomic E-state index is 0.821. The Bertz CT molecular complexity index is 800. The van der Waals surface area contributed by atoms with Crippen LogP contribution in [0.15, 0.2) is 36.4 Å². The van der Waals surface area contributed by atoms with E-state index in [0.29, 0.717) is 0 Å². The first-order valence-electron chi connectivity index (χ1n) is 7.44. The average molecular weight is 279 g/mol. The molecule has 0 aliphatic heterocycles. The fraction of sp³-hybridized carbons (Fsp3) is 0.278. The molecular weight excluding hydrogens is 258 g/mol. The molecule has 3 heteroatoms. The fourth-order valence-corrected chi connectivity index (χ4v) is 2.77. The third-order valence-corrected chi connectivity index (χ3v) is 3.92. The number of aryl methyl sites for hydroxylation is 3. The minimum atomic E-state index is 0.821. The maximum atomic E-state index is 6.28. The van der Waals surface area contributed by atoms with Crippen LogP contribution < -0.4 is 5.73 Å². The molecule has 0 saturated carbocycles. The number of imidazole rings is 1. The minimum Gasteiger partial charge on any atom is -0.398 e. The average Bonchev–Trinajstić information content (AvgIpc) is 2.80. The second kappa shape index (κ2) is 5.24. The normalized spacial score (nSPS) is 11.2. The molecule has 0 spiro atoms. The molecule has 0 saturated heterocycles. The number of nitrogen functional groups attached to an aromatic ring is 1. The summed E-state index contributed by atoms with van der Waals surface area (Å²) in [7, 11) is 0. The number of aromatic nitrogens is 2. The Morgan fingerprint density at radius 3 is 2.71 bits per heavy atom. The van der Waals surface area contributed by atoms with Gasteiger partial charge >= 0.3 is 0 Å². The summed E-state index contributed by atoms with van der Waals surface area (Å²) in [6.07, 6.45) is 1.07. The van der Waals surface area contributed by atoms with Crippen LogP contribution in [-0.2, 0) is 6.54 Å². The number of benzene rings is 2. The van der Waals surface area contributed by atoms with Crippen LogP contribution >= 0.6 is 0 Å². The lowest BCUT2D eigenvalue weighted by Crippen LogP contribution is -2.02. The molecule has 3 aromatic rings. The van der Waals surface area contributed by atoms with Crippen molar-refractivity contribution >= 4 is 16.7 Å². The summed E-state index contributed by atoms with van der Waals surface area (Å²) in [5, 5.41) is 0. The molecule has 0 aliphatic carbocycles. The van der Waals surface area contributed by atoms with Crippen LogP contribution in [0.25, 0.3) is 22.4 Å². The molecule has 108 valence electrons. The van der Waals surface area contributed by atoms with Gasteiger partial charge in [-0.2, -0.15) is 0 Å². The number of nitrogens with zero attached hydrogens (tertiary/aromatic N) is 2. The van der Waals surface area contributed by atoms with E-state index >= 15 is 0 Å². The van der Waals surface area contributed by atoms with E-state index in [-0.39, 0.29) is 0 Å². The number of rotatable bonds is 3. The molecule has 2 aromatic carbocycles. The quantitative estimate of drug-likeness (QED) is 0.726.